The Morgan fingerprint density at radius 3 is 2.59 bits per heavy atom. The fourth-order valence-corrected chi connectivity index (χ4v) is 2.10. The van der Waals surface area contributed by atoms with E-state index in [-0.39, 0.29) is 17.7 Å². The number of hydrogen-bond acceptors (Lipinski definition) is 2. The first-order valence-corrected chi connectivity index (χ1v) is 5.76. The van der Waals surface area contributed by atoms with E-state index in [0.29, 0.717) is 0 Å². The summed E-state index contributed by atoms with van der Waals surface area (Å²) in [4.78, 5) is 13.0. The number of aliphatic carboxylic acids is 1. The lowest BCUT2D eigenvalue weighted by atomic mass is 9.87. The average Bonchev–Trinajstić information content (AvgIpc) is 2.24. The third-order valence-corrected chi connectivity index (χ3v) is 3.40. The minimum Gasteiger partial charge on any atom is -0.481 e. The molecule has 1 heterocycles. The predicted octanol–water partition coefficient (Wildman–Crippen LogP) is 1.98. The second kappa shape index (κ2) is 4.84. The molecular formula is C13H16FNO2. The van der Waals surface area contributed by atoms with E-state index < -0.39 is 5.97 Å². The molecule has 1 atom stereocenters. The lowest BCUT2D eigenvalue weighted by Crippen LogP contribution is -2.50. The van der Waals surface area contributed by atoms with Gasteiger partial charge in [0, 0.05) is 19.6 Å². The van der Waals surface area contributed by atoms with Crippen molar-refractivity contribution in [3.05, 3.63) is 35.6 Å². The van der Waals surface area contributed by atoms with Gasteiger partial charge in [0.05, 0.1) is 5.92 Å². The quantitative estimate of drug-likeness (QED) is 0.870. The van der Waals surface area contributed by atoms with Crippen molar-refractivity contribution < 1.29 is 14.3 Å². The Hall–Kier alpha value is -1.42. The highest BCUT2D eigenvalue weighted by Gasteiger charge is 2.34. The van der Waals surface area contributed by atoms with E-state index in [0.717, 1.165) is 25.2 Å². The molecule has 0 bridgehead atoms. The maximum atomic E-state index is 12.7. The van der Waals surface area contributed by atoms with Gasteiger partial charge in [-0.15, -0.1) is 0 Å². The maximum Gasteiger partial charge on any atom is 0.306 e. The monoisotopic (exact) mass is 237 g/mol. The van der Waals surface area contributed by atoms with E-state index in [4.69, 9.17) is 5.11 Å². The molecule has 92 valence electrons. The van der Waals surface area contributed by atoms with Crippen LogP contribution in [0, 0.1) is 17.7 Å². The minimum absolute atomic E-state index is 0.227. The molecule has 1 aliphatic rings. The first kappa shape index (κ1) is 12.0. The van der Waals surface area contributed by atoms with Crippen LogP contribution in [0.5, 0.6) is 0 Å². The van der Waals surface area contributed by atoms with Crippen LogP contribution in [0.4, 0.5) is 4.39 Å². The Morgan fingerprint density at radius 1 is 1.47 bits per heavy atom. The predicted molar refractivity (Wildman–Crippen MR) is 62.0 cm³/mol. The van der Waals surface area contributed by atoms with Gasteiger partial charge in [-0.3, -0.25) is 9.69 Å². The molecule has 1 aliphatic heterocycles. The summed E-state index contributed by atoms with van der Waals surface area (Å²) >= 11 is 0. The van der Waals surface area contributed by atoms with Crippen LogP contribution in [0.1, 0.15) is 12.5 Å². The number of nitrogens with zero attached hydrogens (tertiary/aromatic N) is 1. The van der Waals surface area contributed by atoms with E-state index in [1.54, 1.807) is 19.1 Å². The van der Waals surface area contributed by atoms with Crippen LogP contribution in [-0.2, 0) is 11.3 Å². The molecule has 1 aromatic rings. The molecule has 1 aromatic carbocycles. The largest absolute Gasteiger partial charge is 0.481 e. The Bertz CT molecular complexity index is 398. The molecule has 0 amide bonds. The minimum atomic E-state index is -0.726. The third-order valence-electron chi connectivity index (χ3n) is 3.40. The molecule has 0 spiro atoms. The molecule has 3 nitrogen and oxygen atoms in total. The summed E-state index contributed by atoms with van der Waals surface area (Å²) in [6.45, 7) is 4.14. The van der Waals surface area contributed by atoms with Crippen molar-refractivity contribution >= 4 is 5.97 Å². The Kier molecular flexibility index (Phi) is 3.43. The highest BCUT2D eigenvalue weighted by atomic mass is 19.1. The van der Waals surface area contributed by atoms with Crippen molar-refractivity contribution in [2.45, 2.75) is 13.5 Å². The standard InChI is InChI=1S/C13H16FNO2/c1-9(13(16)17)11-7-15(8-11)6-10-2-4-12(14)5-3-10/h2-5,9,11H,6-8H2,1H3,(H,16,17). The average molecular weight is 237 g/mol. The molecule has 0 radical (unpaired) electrons. The van der Waals surface area contributed by atoms with E-state index in [9.17, 15) is 9.18 Å². The van der Waals surface area contributed by atoms with Gasteiger partial charge in [0.15, 0.2) is 0 Å². The second-order valence-electron chi connectivity index (χ2n) is 4.71. The Balaban J connectivity index is 1.81. The number of rotatable bonds is 4. The summed E-state index contributed by atoms with van der Waals surface area (Å²) in [7, 11) is 0. The van der Waals surface area contributed by atoms with Crippen molar-refractivity contribution in [3.8, 4) is 0 Å². The maximum absolute atomic E-state index is 12.7. The molecular weight excluding hydrogens is 221 g/mol. The van der Waals surface area contributed by atoms with Crippen LogP contribution >= 0.6 is 0 Å². The molecule has 0 saturated carbocycles. The fraction of sp³-hybridized carbons (Fsp3) is 0.462. The van der Waals surface area contributed by atoms with E-state index in [2.05, 4.69) is 4.90 Å². The van der Waals surface area contributed by atoms with Crippen LogP contribution < -0.4 is 0 Å². The van der Waals surface area contributed by atoms with Gasteiger partial charge in [-0.1, -0.05) is 19.1 Å². The van der Waals surface area contributed by atoms with Crippen molar-refractivity contribution in [3.63, 3.8) is 0 Å². The first-order valence-electron chi connectivity index (χ1n) is 5.76. The third kappa shape index (κ3) is 2.82. The number of carboxylic acids is 1. The lowest BCUT2D eigenvalue weighted by molar-refractivity contribution is -0.145. The van der Waals surface area contributed by atoms with Crippen molar-refractivity contribution in [2.75, 3.05) is 13.1 Å². The van der Waals surface area contributed by atoms with Gasteiger partial charge in [-0.25, -0.2) is 4.39 Å². The molecule has 0 aromatic heterocycles. The zero-order valence-corrected chi connectivity index (χ0v) is 9.77. The zero-order chi connectivity index (χ0) is 12.4. The van der Waals surface area contributed by atoms with Gasteiger partial charge in [-0.2, -0.15) is 0 Å². The molecule has 1 unspecified atom stereocenters. The van der Waals surface area contributed by atoms with Crippen LogP contribution in [0.3, 0.4) is 0 Å². The first-order chi connectivity index (χ1) is 8.06. The van der Waals surface area contributed by atoms with Crippen LogP contribution in [0.2, 0.25) is 0 Å². The van der Waals surface area contributed by atoms with Gasteiger partial charge in [0.25, 0.3) is 0 Å². The number of benzene rings is 1. The summed E-state index contributed by atoms with van der Waals surface area (Å²) in [6.07, 6.45) is 0. The van der Waals surface area contributed by atoms with Gasteiger partial charge >= 0.3 is 5.97 Å². The zero-order valence-electron chi connectivity index (χ0n) is 9.77. The number of carbonyl (C=O) groups is 1. The molecule has 1 saturated heterocycles. The van der Waals surface area contributed by atoms with E-state index in [1.165, 1.54) is 12.1 Å². The Morgan fingerprint density at radius 2 is 2.06 bits per heavy atom. The van der Waals surface area contributed by atoms with Gasteiger partial charge < -0.3 is 5.11 Å². The highest BCUT2D eigenvalue weighted by molar-refractivity contribution is 5.70. The molecule has 1 fully saturated rings. The number of carboxylic acid groups (broad SMARTS) is 1. The van der Waals surface area contributed by atoms with Gasteiger partial charge in [0.2, 0.25) is 0 Å². The topological polar surface area (TPSA) is 40.5 Å². The van der Waals surface area contributed by atoms with Crippen LogP contribution in [0.25, 0.3) is 0 Å². The fourth-order valence-electron chi connectivity index (χ4n) is 2.10. The van der Waals surface area contributed by atoms with Crippen molar-refractivity contribution in [1.29, 1.82) is 0 Å². The lowest BCUT2D eigenvalue weighted by Gasteiger charge is -2.41. The van der Waals surface area contributed by atoms with Crippen molar-refractivity contribution in [2.24, 2.45) is 11.8 Å². The van der Waals surface area contributed by atoms with E-state index in [1.807, 2.05) is 0 Å². The summed E-state index contributed by atoms with van der Waals surface area (Å²) in [5.41, 5.74) is 1.06. The summed E-state index contributed by atoms with van der Waals surface area (Å²) in [5.74, 6) is -0.987. The van der Waals surface area contributed by atoms with Crippen LogP contribution in [0.15, 0.2) is 24.3 Å². The molecule has 17 heavy (non-hydrogen) atoms. The number of hydrogen-bond donors (Lipinski definition) is 1. The summed E-state index contributed by atoms with van der Waals surface area (Å²) < 4.78 is 12.7. The second-order valence-corrected chi connectivity index (χ2v) is 4.71. The SMILES string of the molecule is CC(C(=O)O)C1CN(Cc2ccc(F)cc2)C1. The van der Waals surface area contributed by atoms with Crippen molar-refractivity contribution in [1.82, 2.24) is 4.90 Å². The van der Waals surface area contributed by atoms with Gasteiger partial charge in [-0.05, 0) is 23.6 Å². The molecule has 1 N–H and O–H groups in total. The molecule has 0 aliphatic carbocycles. The van der Waals surface area contributed by atoms with E-state index >= 15 is 0 Å². The van der Waals surface area contributed by atoms with Gasteiger partial charge in [0.1, 0.15) is 5.82 Å². The summed E-state index contributed by atoms with van der Waals surface area (Å²) in [6, 6.07) is 6.44. The summed E-state index contributed by atoms with van der Waals surface area (Å²) in [5, 5.41) is 8.86. The van der Waals surface area contributed by atoms with Crippen LogP contribution in [-0.4, -0.2) is 29.1 Å². The molecule has 2 rings (SSSR count). The Labute approximate surface area is 99.9 Å². The highest BCUT2D eigenvalue weighted by Crippen LogP contribution is 2.25. The smallest absolute Gasteiger partial charge is 0.306 e. The number of halogens is 1. The molecule has 4 heteroatoms. The number of likely N-dealkylation sites (tertiary alicyclic amines) is 1. The normalized spacial score (nSPS) is 18.7.